The number of benzene rings is 1. The quantitative estimate of drug-likeness (QED) is 0.763. The highest BCUT2D eigenvalue weighted by Gasteiger charge is 2.48. The fourth-order valence-corrected chi connectivity index (χ4v) is 5.06. The first-order valence-corrected chi connectivity index (χ1v) is 10.5. The third kappa shape index (κ3) is 3.75. The number of carbonyl (C=O) groups is 3. The van der Waals surface area contributed by atoms with Crippen LogP contribution in [0.1, 0.15) is 50.1 Å². The molecule has 3 aliphatic rings. The van der Waals surface area contributed by atoms with E-state index in [0.29, 0.717) is 12.2 Å². The van der Waals surface area contributed by atoms with Gasteiger partial charge < -0.3 is 14.7 Å². The summed E-state index contributed by atoms with van der Waals surface area (Å²) in [4.78, 5) is 41.1. The summed E-state index contributed by atoms with van der Waals surface area (Å²) >= 11 is 0. The van der Waals surface area contributed by atoms with Crippen LogP contribution in [0, 0.1) is 11.8 Å². The van der Waals surface area contributed by atoms with Crippen LogP contribution in [-0.4, -0.2) is 58.9 Å². The van der Waals surface area contributed by atoms with Gasteiger partial charge in [-0.2, -0.15) is 0 Å². The molecule has 7 nitrogen and oxygen atoms in total. The Bertz CT molecular complexity index is 786. The SMILES string of the molecule is COc1cccc([C@@H]2C[C@H](O)CN2C(=O)CCN2C(=O)[C@@H]3CCCC[C@H]3C2=O)c1. The molecule has 4 atom stereocenters. The number of methoxy groups -OCH3 is 1. The number of nitrogens with zero attached hydrogens (tertiary/aromatic N) is 2. The zero-order valence-corrected chi connectivity index (χ0v) is 16.8. The van der Waals surface area contributed by atoms with Gasteiger partial charge in [0.25, 0.3) is 0 Å². The molecular formula is C22H28N2O5. The highest BCUT2D eigenvalue weighted by Crippen LogP contribution is 2.38. The van der Waals surface area contributed by atoms with Gasteiger partial charge in [0.15, 0.2) is 0 Å². The molecule has 0 radical (unpaired) electrons. The van der Waals surface area contributed by atoms with Crippen LogP contribution < -0.4 is 4.74 Å². The number of carbonyl (C=O) groups excluding carboxylic acids is 3. The van der Waals surface area contributed by atoms with Crippen molar-refractivity contribution in [2.45, 2.75) is 50.7 Å². The number of amides is 3. The summed E-state index contributed by atoms with van der Waals surface area (Å²) in [6, 6.07) is 7.26. The number of β-amino-alcohol motifs (C(OH)–C–C–N with tert-alkyl or cyclic N) is 1. The molecule has 1 aromatic carbocycles. The van der Waals surface area contributed by atoms with Gasteiger partial charge in [-0.3, -0.25) is 19.3 Å². The maximum absolute atomic E-state index is 12.9. The second-order valence-corrected chi connectivity index (χ2v) is 8.30. The fourth-order valence-electron chi connectivity index (χ4n) is 5.06. The molecule has 4 rings (SSSR count). The zero-order valence-electron chi connectivity index (χ0n) is 16.8. The van der Waals surface area contributed by atoms with E-state index in [1.165, 1.54) is 4.90 Å². The highest BCUT2D eigenvalue weighted by atomic mass is 16.5. The number of fused-ring (bicyclic) bond motifs is 1. The highest BCUT2D eigenvalue weighted by molar-refractivity contribution is 6.05. The van der Waals surface area contributed by atoms with Gasteiger partial charge in [-0.25, -0.2) is 0 Å². The minimum Gasteiger partial charge on any atom is -0.497 e. The Kier molecular flexibility index (Phi) is 5.58. The third-order valence-electron chi connectivity index (χ3n) is 6.56. The summed E-state index contributed by atoms with van der Waals surface area (Å²) in [5.41, 5.74) is 0.911. The number of aliphatic hydroxyl groups is 1. The van der Waals surface area contributed by atoms with Gasteiger partial charge in [-0.1, -0.05) is 25.0 Å². The van der Waals surface area contributed by atoms with E-state index in [9.17, 15) is 19.5 Å². The normalized spacial score (nSPS) is 29.3. The first-order valence-electron chi connectivity index (χ1n) is 10.5. The van der Waals surface area contributed by atoms with Gasteiger partial charge in [0.05, 0.1) is 31.1 Å². The van der Waals surface area contributed by atoms with Crippen molar-refractivity contribution in [3.8, 4) is 5.75 Å². The molecule has 3 amide bonds. The smallest absolute Gasteiger partial charge is 0.233 e. The first-order chi connectivity index (χ1) is 14.0. The number of aliphatic hydroxyl groups excluding tert-OH is 1. The Hall–Kier alpha value is -2.41. The fraction of sp³-hybridized carbons (Fsp3) is 0.591. The molecule has 0 aromatic heterocycles. The molecule has 0 spiro atoms. The van der Waals surface area contributed by atoms with Crippen molar-refractivity contribution < 1.29 is 24.2 Å². The van der Waals surface area contributed by atoms with Crippen LogP contribution in [0.3, 0.4) is 0 Å². The molecule has 3 fully saturated rings. The number of hydrogen-bond acceptors (Lipinski definition) is 5. The van der Waals surface area contributed by atoms with E-state index < -0.39 is 6.10 Å². The second-order valence-electron chi connectivity index (χ2n) is 8.30. The van der Waals surface area contributed by atoms with Crippen LogP contribution in [0.2, 0.25) is 0 Å². The molecule has 0 unspecified atom stereocenters. The molecule has 1 saturated carbocycles. The lowest BCUT2D eigenvalue weighted by Gasteiger charge is -2.26. The lowest BCUT2D eigenvalue weighted by molar-refractivity contribution is -0.141. The largest absolute Gasteiger partial charge is 0.497 e. The summed E-state index contributed by atoms with van der Waals surface area (Å²) < 4.78 is 5.27. The van der Waals surface area contributed by atoms with E-state index in [1.54, 1.807) is 12.0 Å². The van der Waals surface area contributed by atoms with Crippen LogP contribution >= 0.6 is 0 Å². The molecule has 1 aromatic rings. The topological polar surface area (TPSA) is 87.2 Å². The minimum absolute atomic E-state index is 0.0874. The third-order valence-corrected chi connectivity index (χ3v) is 6.56. The standard InChI is InChI=1S/C22H28N2O5/c1-29-16-6-4-5-14(11-16)19-12-15(25)13-24(19)20(26)9-10-23-21(27)17-7-2-3-8-18(17)22(23)28/h4-6,11,15,17-19,25H,2-3,7-10,12-13H2,1H3/t15-,17+,18+,19-/m0/s1. The Balaban J connectivity index is 1.43. The molecule has 2 saturated heterocycles. The van der Waals surface area contributed by atoms with Crippen LogP contribution in [0.5, 0.6) is 5.75 Å². The Morgan fingerprint density at radius 3 is 2.52 bits per heavy atom. The molecule has 7 heteroatoms. The maximum Gasteiger partial charge on any atom is 0.233 e. The number of rotatable bonds is 5. The van der Waals surface area contributed by atoms with Crippen molar-refractivity contribution in [1.29, 1.82) is 0 Å². The van der Waals surface area contributed by atoms with Gasteiger partial charge in [-0.05, 0) is 37.0 Å². The summed E-state index contributed by atoms with van der Waals surface area (Å²) in [6.45, 7) is 0.384. The van der Waals surface area contributed by atoms with Crippen molar-refractivity contribution in [3.63, 3.8) is 0 Å². The van der Waals surface area contributed by atoms with Crippen LogP contribution in [0.4, 0.5) is 0 Å². The molecule has 0 bridgehead atoms. The van der Waals surface area contributed by atoms with Crippen LogP contribution in [-0.2, 0) is 14.4 Å². The predicted octanol–water partition coefficient (Wildman–Crippen LogP) is 1.89. The van der Waals surface area contributed by atoms with E-state index in [2.05, 4.69) is 0 Å². The van der Waals surface area contributed by atoms with E-state index >= 15 is 0 Å². The van der Waals surface area contributed by atoms with Gasteiger partial charge in [0, 0.05) is 19.5 Å². The number of likely N-dealkylation sites (tertiary alicyclic amines) is 2. The molecule has 1 aliphatic carbocycles. The van der Waals surface area contributed by atoms with Crippen molar-refractivity contribution >= 4 is 17.7 Å². The molecule has 2 heterocycles. The monoisotopic (exact) mass is 400 g/mol. The zero-order chi connectivity index (χ0) is 20.5. The van der Waals surface area contributed by atoms with Crippen molar-refractivity contribution in [2.75, 3.05) is 20.2 Å². The van der Waals surface area contributed by atoms with Gasteiger partial charge in [0.2, 0.25) is 17.7 Å². The average Bonchev–Trinajstić information content (AvgIpc) is 3.25. The molecule has 2 aliphatic heterocycles. The minimum atomic E-state index is -0.590. The number of imide groups is 1. The molecule has 29 heavy (non-hydrogen) atoms. The van der Waals surface area contributed by atoms with Gasteiger partial charge in [-0.15, -0.1) is 0 Å². The van der Waals surface area contributed by atoms with Gasteiger partial charge in [0.1, 0.15) is 5.75 Å². The Labute approximate surface area is 170 Å². The lowest BCUT2D eigenvalue weighted by atomic mass is 9.81. The van der Waals surface area contributed by atoms with Crippen LogP contribution in [0.25, 0.3) is 0 Å². The van der Waals surface area contributed by atoms with E-state index in [0.717, 1.165) is 31.2 Å². The van der Waals surface area contributed by atoms with E-state index in [4.69, 9.17) is 4.74 Å². The first kappa shape index (κ1) is 19.9. The van der Waals surface area contributed by atoms with Crippen molar-refractivity contribution in [3.05, 3.63) is 29.8 Å². The van der Waals surface area contributed by atoms with Crippen molar-refractivity contribution in [2.24, 2.45) is 11.8 Å². The van der Waals surface area contributed by atoms with E-state index in [1.807, 2.05) is 24.3 Å². The van der Waals surface area contributed by atoms with Crippen molar-refractivity contribution in [1.82, 2.24) is 9.80 Å². The Morgan fingerprint density at radius 2 is 1.86 bits per heavy atom. The predicted molar refractivity (Wildman–Crippen MR) is 105 cm³/mol. The molecule has 156 valence electrons. The summed E-state index contributed by atoms with van der Waals surface area (Å²) in [5.74, 6) is -0.0532. The van der Waals surface area contributed by atoms with Crippen LogP contribution in [0.15, 0.2) is 24.3 Å². The summed E-state index contributed by atoms with van der Waals surface area (Å²) in [5, 5.41) is 10.2. The maximum atomic E-state index is 12.9. The Morgan fingerprint density at radius 1 is 1.17 bits per heavy atom. The summed E-state index contributed by atoms with van der Waals surface area (Å²) in [7, 11) is 1.59. The van der Waals surface area contributed by atoms with Gasteiger partial charge >= 0.3 is 0 Å². The lowest BCUT2D eigenvalue weighted by Crippen LogP contribution is -2.37. The molecule has 1 N–H and O–H groups in total. The summed E-state index contributed by atoms with van der Waals surface area (Å²) in [6.07, 6.45) is 3.48. The molecular weight excluding hydrogens is 372 g/mol. The van der Waals surface area contributed by atoms with E-state index in [-0.39, 0.29) is 55.1 Å². The average molecular weight is 400 g/mol. The second kappa shape index (κ2) is 8.14. The number of ether oxygens (including phenoxy) is 1. The number of hydrogen-bond donors (Lipinski definition) is 1.